The molecule has 0 aliphatic heterocycles. The van der Waals surface area contributed by atoms with Gasteiger partial charge in [0.1, 0.15) is 10.7 Å². The summed E-state index contributed by atoms with van der Waals surface area (Å²) in [6.07, 6.45) is 1.00. The summed E-state index contributed by atoms with van der Waals surface area (Å²) in [7, 11) is 1.99. The third-order valence-corrected chi connectivity index (χ3v) is 3.38. The van der Waals surface area contributed by atoms with Crippen molar-refractivity contribution in [3.8, 4) is 0 Å². The van der Waals surface area contributed by atoms with Crippen LogP contribution in [0.4, 0.5) is 5.95 Å². The summed E-state index contributed by atoms with van der Waals surface area (Å²) in [4.78, 5) is 11.2. The molecule has 1 rings (SSSR count). The van der Waals surface area contributed by atoms with E-state index >= 15 is 0 Å². The molecule has 2 N–H and O–H groups in total. The van der Waals surface area contributed by atoms with Crippen LogP contribution < -0.4 is 10.6 Å². The molecule has 94 valence electrons. The first-order chi connectivity index (χ1) is 7.77. The molecule has 4 nitrogen and oxygen atoms in total. The zero-order chi connectivity index (χ0) is 13.2. The van der Waals surface area contributed by atoms with Gasteiger partial charge in [0.2, 0.25) is 5.95 Å². The van der Waals surface area contributed by atoms with Gasteiger partial charge in [-0.1, -0.05) is 19.1 Å². The van der Waals surface area contributed by atoms with Crippen molar-refractivity contribution in [3.05, 3.63) is 17.5 Å². The largest absolute Gasteiger partial charge is 0.388 e. The molecule has 0 aliphatic rings. The molecule has 0 amide bonds. The third-order valence-electron chi connectivity index (χ3n) is 3.17. The van der Waals surface area contributed by atoms with Crippen LogP contribution in [0.15, 0.2) is 6.07 Å². The summed E-state index contributed by atoms with van der Waals surface area (Å²) in [6.45, 7) is 8.36. The smallest absolute Gasteiger partial charge is 0.226 e. The summed E-state index contributed by atoms with van der Waals surface area (Å²) in [5, 5.41) is 0. The van der Waals surface area contributed by atoms with Crippen molar-refractivity contribution in [2.24, 2.45) is 5.73 Å². The van der Waals surface area contributed by atoms with Crippen molar-refractivity contribution in [3.63, 3.8) is 0 Å². The van der Waals surface area contributed by atoms with Gasteiger partial charge >= 0.3 is 0 Å². The van der Waals surface area contributed by atoms with E-state index in [1.165, 1.54) is 0 Å². The monoisotopic (exact) mass is 252 g/mol. The van der Waals surface area contributed by atoms with E-state index in [-0.39, 0.29) is 5.54 Å². The van der Waals surface area contributed by atoms with Gasteiger partial charge in [-0.3, -0.25) is 0 Å². The highest BCUT2D eigenvalue weighted by atomic mass is 32.1. The third kappa shape index (κ3) is 3.12. The first kappa shape index (κ1) is 13.8. The van der Waals surface area contributed by atoms with Crippen molar-refractivity contribution < 1.29 is 0 Å². The number of anilines is 1. The van der Waals surface area contributed by atoms with Crippen LogP contribution in [0.3, 0.4) is 0 Å². The zero-order valence-electron chi connectivity index (χ0n) is 11.1. The van der Waals surface area contributed by atoms with Gasteiger partial charge in [0.05, 0.1) is 0 Å². The van der Waals surface area contributed by atoms with E-state index in [9.17, 15) is 0 Å². The highest BCUT2D eigenvalue weighted by Crippen LogP contribution is 2.21. The lowest BCUT2D eigenvalue weighted by atomic mass is 10.0. The van der Waals surface area contributed by atoms with Gasteiger partial charge in [-0.05, 0) is 33.3 Å². The first-order valence-corrected chi connectivity index (χ1v) is 6.08. The Hall–Kier alpha value is -1.23. The van der Waals surface area contributed by atoms with Crippen LogP contribution in [0.1, 0.15) is 38.6 Å². The Labute approximate surface area is 108 Å². The van der Waals surface area contributed by atoms with Crippen LogP contribution in [0.5, 0.6) is 0 Å². The SMILES string of the molecule is CCC(C)(C)N(C)c1nc(C)cc(C(N)=S)n1. The van der Waals surface area contributed by atoms with Crippen LogP contribution in [0, 0.1) is 6.92 Å². The second-order valence-electron chi connectivity index (χ2n) is 4.78. The Balaban J connectivity index is 3.18. The number of aromatic nitrogens is 2. The molecule has 1 aromatic rings. The Morgan fingerprint density at radius 3 is 2.53 bits per heavy atom. The standard InChI is InChI=1S/C12H20N4S/c1-6-12(3,4)16(5)11-14-8(2)7-9(15-11)10(13)17/h7H,6H2,1-5H3,(H2,13,17). The number of hydrogen-bond donors (Lipinski definition) is 1. The predicted molar refractivity (Wildman–Crippen MR) is 75.4 cm³/mol. The first-order valence-electron chi connectivity index (χ1n) is 5.67. The summed E-state index contributed by atoms with van der Waals surface area (Å²) in [6, 6.07) is 1.80. The number of thiocarbonyl (C=S) groups is 1. The highest BCUT2D eigenvalue weighted by molar-refractivity contribution is 7.80. The molecule has 1 heterocycles. The molecule has 0 saturated heterocycles. The Kier molecular flexibility index (Phi) is 4.03. The van der Waals surface area contributed by atoms with E-state index in [2.05, 4.69) is 35.6 Å². The fraction of sp³-hybridized carbons (Fsp3) is 0.583. The molecular formula is C12H20N4S. The minimum Gasteiger partial charge on any atom is -0.388 e. The van der Waals surface area contributed by atoms with Crippen LogP contribution in [0.25, 0.3) is 0 Å². The predicted octanol–water partition coefficient (Wildman–Crippen LogP) is 2.04. The maximum absolute atomic E-state index is 5.62. The number of nitrogens with zero attached hydrogens (tertiary/aromatic N) is 3. The zero-order valence-corrected chi connectivity index (χ0v) is 11.9. The summed E-state index contributed by atoms with van der Waals surface area (Å²) >= 11 is 4.96. The molecule has 0 atom stereocenters. The molecule has 0 aliphatic carbocycles. The topological polar surface area (TPSA) is 55.0 Å². The van der Waals surface area contributed by atoms with E-state index in [1.807, 2.05) is 14.0 Å². The van der Waals surface area contributed by atoms with Gasteiger partial charge in [-0.25, -0.2) is 9.97 Å². The van der Waals surface area contributed by atoms with E-state index in [1.54, 1.807) is 6.07 Å². The van der Waals surface area contributed by atoms with Crippen molar-refractivity contribution in [1.82, 2.24) is 9.97 Å². The molecule has 1 aromatic heterocycles. The molecular weight excluding hydrogens is 232 g/mol. The highest BCUT2D eigenvalue weighted by Gasteiger charge is 2.24. The van der Waals surface area contributed by atoms with Crippen molar-refractivity contribution in [2.75, 3.05) is 11.9 Å². The number of hydrogen-bond acceptors (Lipinski definition) is 4. The lowest BCUT2D eigenvalue weighted by Gasteiger charge is -2.35. The Bertz CT molecular complexity index is 429. The Morgan fingerprint density at radius 2 is 2.06 bits per heavy atom. The molecule has 5 heteroatoms. The fourth-order valence-electron chi connectivity index (χ4n) is 1.34. The van der Waals surface area contributed by atoms with Crippen LogP contribution in [-0.2, 0) is 0 Å². The molecule has 0 aromatic carbocycles. The van der Waals surface area contributed by atoms with Crippen LogP contribution in [-0.4, -0.2) is 27.5 Å². The van der Waals surface area contributed by atoms with Gasteiger partial charge in [0.15, 0.2) is 0 Å². The molecule has 0 spiro atoms. The summed E-state index contributed by atoms with van der Waals surface area (Å²) in [5.74, 6) is 0.666. The Morgan fingerprint density at radius 1 is 1.47 bits per heavy atom. The number of rotatable bonds is 4. The average Bonchev–Trinajstić information content (AvgIpc) is 2.27. The van der Waals surface area contributed by atoms with Crippen molar-refractivity contribution in [2.45, 2.75) is 39.7 Å². The molecule has 0 radical (unpaired) electrons. The van der Waals surface area contributed by atoms with Crippen LogP contribution >= 0.6 is 12.2 Å². The minimum absolute atomic E-state index is 0.00127. The van der Waals surface area contributed by atoms with Gasteiger partial charge in [0.25, 0.3) is 0 Å². The van der Waals surface area contributed by atoms with E-state index in [0.717, 1.165) is 12.1 Å². The average molecular weight is 252 g/mol. The van der Waals surface area contributed by atoms with Crippen molar-refractivity contribution >= 4 is 23.2 Å². The summed E-state index contributed by atoms with van der Waals surface area (Å²) < 4.78 is 0. The molecule has 0 bridgehead atoms. The van der Waals surface area contributed by atoms with Gasteiger partial charge in [0, 0.05) is 18.3 Å². The second kappa shape index (κ2) is 4.96. The van der Waals surface area contributed by atoms with Crippen molar-refractivity contribution in [1.29, 1.82) is 0 Å². The second-order valence-corrected chi connectivity index (χ2v) is 5.22. The summed E-state index contributed by atoms with van der Waals surface area (Å²) in [5.41, 5.74) is 7.12. The van der Waals surface area contributed by atoms with Crippen LogP contribution in [0.2, 0.25) is 0 Å². The van der Waals surface area contributed by atoms with E-state index in [0.29, 0.717) is 16.6 Å². The molecule has 0 fully saturated rings. The number of aryl methyl sites for hydroxylation is 1. The fourth-order valence-corrected chi connectivity index (χ4v) is 1.44. The molecule has 17 heavy (non-hydrogen) atoms. The van der Waals surface area contributed by atoms with Gasteiger partial charge < -0.3 is 10.6 Å². The quantitative estimate of drug-likeness (QED) is 0.831. The van der Waals surface area contributed by atoms with E-state index in [4.69, 9.17) is 18.0 Å². The maximum Gasteiger partial charge on any atom is 0.226 e. The minimum atomic E-state index is 0.00127. The lowest BCUT2D eigenvalue weighted by molar-refractivity contribution is 0.463. The lowest BCUT2D eigenvalue weighted by Crippen LogP contribution is -2.41. The molecule has 0 unspecified atom stereocenters. The van der Waals surface area contributed by atoms with Gasteiger partial charge in [-0.2, -0.15) is 0 Å². The molecule has 0 saturated carbocycles. The maximum atomic E-state index is 5.62. The van der Waals surface area contributed by atoms with E-state index < -0.39 is 0 Å². The van der Waals surface area contributed by atoms with Gasteiger partial charge in [-0.15, -0.1) is 0 Å². The normalized spacial score (nSPS) is 11.4. The number of nitrogens with two attached hydrogens (primary N) is 1.